The molecule has 0 radical (unpaired) electrons. The molecule has 2 rings (SSSR count). The molecule has 0 saturated carbocycles. The molecule has 1 N–H and O–H groups in total. The minimum absolute atomic E-state index is 0.114. The summed E-state index contributed by atoms with van der Waals surface area (Å²) in [5, 5.41) is 7.83. The predicted molar refractivity (Wildman–Crippen MR) is 89.2 cm³/mol. The molecule has 0 unspecified atom stereocenters. The Morgan fingerprint density at radius 1 is 1.40 bits per heavy atom. The zero-order chi connectivity index (χ0) is 14.9. The van der Waals surface area contributed by atoms with Gasteiger partial charge in [-0.05, 0) is 61.1 Å². The molecular formula is C14H15ClIN3O. The quantitative estimate of drug-likeness (QED) is 0.794. The topological polar surface area (TPSA) is 46.9 Å². The number of halogens is 2. The van der Waals surface area contributed by atoms with Gasteiger partial charge in [-0.2, -0.15) is 5.10 Å². The molecule has 1 aromatic heterocycles. The smallest absolute Gasteiger partial charge is 0.246 e. The first-order chi connectivity index (χ1) is 9.38. The number of benzene rings is 1. The second-order valence-electron chi connectivity index (χ2n) is 4.65. The number of hydrogen-bond acceptors (Lipinski definition) is 2. The minimum Gasteiger partial charge on any atom is -0.324 e. The summed E-state index contributed by atoms with van der Waals surface area (Å²) in [5.74, 6) is -0.114. The lowest BCUT2D eigenvalue weighted by atomic mass is 10.2. The average molecular weight is 404 g/mol. The molecule has 0 aliphatic rings. The van der Waals surface area contributed by atoms with Crippen molar-refractivity contribution in [3.8, 4) is 0 Å². The van der Waals surface area contributed by atoms with Crippen LogP contribution in [0.5, 0.6) is 0 Å². The summed E-state index contributed by atoms with van der Waals surface area (Å²) in [4.78, 5) is 12.1. The molecule has 20 heavy (non-hydrogen) atoms. The molecule has 6 heteroatoms. The lowest BCUT2D eigenvalue weighted by Gasteiger charge is -2.09. The largest absolute Gasteiger partial charge is 0.324 e. The molecule has 0 fully saturated rings. The fourth-order valence-electron chi connectivity index (χ4n) is 1.88. The van der Waals surface area contributed by atoms with Gasteiger partial charge in [0.1, 0.15) is 6.54 Å². The molecule has 1 aromatic carbocycles. The first-order valence-electron chi connectivity index (χ1n) is 6.14. The molecule has 0 atom stereocenters. The van der Waals surface area contributed by atoms with E-state index >= 15 is 0 Å². The van der Waals surface area contributed by atoms with Crippen LogP contribution in [0.4, 0.5) is 5.69 Å². The number of aromatic nitrogens is 2. The van der Waals surface area contributed by atoms with E-state index in [4.69, 9.17) is 11.6 Å². The van der Waals surface area contributed by atoms with Crippen LogP contribution in [0, 0.1) is 24.3 Å². The Morgan fingerprint density at radius 2 is 2.10 bits per heavy atom. The molecule has 1 amide bonds. The van der Waals surface area contributed by atoms with E-state index in [9.17, 15) is 4.79 Å². The lowest BCUT2D eigenvalue weighted by molar-refractivity contribution is -0.116. The predicted octanol–water partition coefficient (Wildman–Crippen LogP) is 3.71. The first kappa shape index (κ1) is 15.3. The van der Waals surface area contributed by atoms with Crippen LogP contribution in [-0.2, 0) is 11.3 Å². The summed E-state index contributed by atoms with van der Waals surface area (Å²) in [7, 11) is 0. The fourth-order valence-corrected chi connectivity index (χ4v) is 2.44. The standard InChI is InChI=1S/C14H15ClIN3O/c1-8-4-5-11(15)6-12(8)17-13(20)7-19-10(3)14(16)9(2)18-19/h4-6H,7H2,1-3H3,(H,17,20). The highest BCUT2D eigenvalue weighted by atomic mass is 127. The zero-order valence-electron chi connectivity index (χ0n) is 11.5. The van der Waals surface area contributed by atoms with Crippen molar-refractivity contribution in [1.29, 1.82) is 0 Å². The summed E-state index contributed by atoms with van der Waals surface area (Å²) in [6, 6.07) is 5.43. The van der Waals surface area contributed by atoms with Crippen LogP contribution in [0.15, 0.2) is 18.2 Å². The van der Waals surface area contributed by atoms with E-state index in [2.05, 4.69) is 33.0 Å². The monoisotopic (exact) mass is 403 g/mol. The van der Waals surface area contributed by atoms with Crippen LogP contribution in [0.3, 0.4) is 0 Å². The van der Waals surface area contributed by atoms with Crippen LogP contribution in [0.25, 0.3) is 0 Å². The molecule has 4 nitrogen and oxygen atoms in total. The summed E-state index contributed by atoms with van der Waals surface area (Å²) >= 11 is 8.18. The average Bonchev–Trinajstić information content (AvgIpc) is 2.61. The third kappa shape index (κ3) is 3.32. The van der Waals surface area contributed by atoms with Crippen LogP contribution in [0.2, 0.25) is 5.02 Å². The lowest BCUT2D eigenvalue weighted by Crippen LogP contribution is -2.20. The number of nitrogens with one attached hydrogen (secondary N) is 1. The maximum absolute atomic E-state index is 12.1. The van der Waals surface area contributed by atoms with Gasteiger partial charge in [0.05, 0.1) is 9.26 Å². The molecule has 0 bridgehead atoms. The molecule has 106 valence electrons. The van der Waals surface area contributed by atoms with Crippen molar-refractivity contribution < 1.29 is 4.79 Å². The van der Waals surface area contributed by atoms with Crippen LogP contribution < -0.4 is 5.32 Å². The molecular weight excluding hydrogens is 389 g/mol. The molecule has 0 aliphatic carbocycles. The van der Waals surface area contributed by atoms with Crippen molar-refractivity contribution in [2.45, 2.75) is 27.3 Å². The normalized spacial score (nSPS) is 10.7. The van der Waals surface area contributed by atoms with Gasteiger partial charge in [-0.15, -0.1) is 0 Å². The van der Waals surface area contributed by atoms with Gasteiger partial charge in [-0.1, -0.05) is 17.7 Å². The van der Waals surface area contributed by atoms with Crippen molar-refractivity contribution in [2.24, 2.45) is 0 Å². The number of nitrogens with zero attached hydrogens (tertiary/aromatic N) is 2. The van der Waals surface area contributed by atoms with Gasteiger partial charge >= 0.3 is 0 Å². The van der Waals surface area contributed by atoms with Crippen molar-refractivity contribution >= 4 is 45.8 Å². The number of rotatable bonds is 3. The van der Waals surface area contributed by atoms with E-state index in [1.807, 2.05) is 26.8 Å². The Labute approximate surface area is 136 Å². The van der Waals surface area contributed by atoms with E-state index in [0.29, 0.717) is 5.02 Å². The number of hydrogen-bond donors (Lipinski definition) is 1. The number of amides is 1. The molecule has 2 aromatic rings. The highest BCUT2D eigenvalue weighted by Crippen LogP contribution is 2.20. The molecule has 0 aliphatic heterocycles. The number of aryl methyl sites for hydroxylation is 2. The number of carbonyl (C=O) groups excluding carboxylic acids is 1. The summed E-state index contributed by atoms with van der Waals surface area (Å²) in [6.45, 7) is 6.02. The third-order valence-corrected chi connectivity index (χ3v) is 4.86. The van der Waals surface area contributed by atoms with Crippen LogP contribution in [0.1, 0.15) is 17.0 Å². The van der Waals surface area contributed by atoms with Gasteiger partial charge in [0, 0.05) is 16.4 Å². The van der Waals surface area contributed by atoms with Gasteiger partial charge in [0.25, 0.3) is 0 Å². The maximum Gasteiger partial charge on any atom is 0.246 e. The van der Waals surface area contributed by atoms with Crippen molar-refractivity contribution in [3.05, 3.63) is 43.7 Å². The van der Waals surface area contributed by atoms with E-state index < -0.39 is 0 Å². The Hall–Kier alpha value is -1.08. The summed E-state index contributed by atoms with van der Waals surface area (Å²) in [6.07, 6.45) is 0. The van der Waals surface area contributed by atoms with E-state index in [0.717, 1.165) is 26.2 Å². The molecule has 0 saturated heterocycles. The van der Waals surface area contributed by atoms with E-state index in [1.54, 1.807) is 16.8 Å². The highest BCUT2D eigenvalue weighted by molar-refractivity contribution is 14.1. The van der Waals surface area contributed by atoms with Crippen LogP contribution >= 0.6 is 34.2 Å². The zero-order valence-corrected chi connectivity index (χ0v) is 14.4. The van der Waals surface area contributed by atoms with E-state index in [-0.39, 0.29) is 12.5 Å². The second kappa shape index (κ2) is 6.13. The number of carbonyl (C=O) groups is 1. The summed E-state index contributed by atoms with van der Waals surface area (Å²) < 4.78 is 2.81. The summed E-state index contributed by atoms with van der Waals surface area (Å²) in [5.41, 5.74) is 3.65. The highest BCUT2D eigenvalue weighted by Gasteiger charge is 2.12. The van der Waals surface area contributed by atoms with Crippen molar-refractivity contribution in [2.75, 3.05) is 5.32 Å². The van der Waals surface area contributed by atoms with Gasteiger partial charge < -0.3 is 5.32 Å². The Morgan fingerprint density at radius 3 is 2.70 bits per heavy atom. The number of anilines is 1. The van der Waals surface area contributed by atoms with Crippen molar-refractivity contribution in [3.63, 3.8) is 0 Å². The van der Waals surface area contributed by atoms with Crippen molar-refractivity contribution in [1.82, 2.24) is 9.78 Å². The Kier molecular flexibility index (Phi) is 4.70. The first-order valence-corrected chi connectivity index (χ1v) is 7.59. The minimum atomic E-state index is -0.114. The van der Waals surface area contributed by atoms with Gasteiger partial charge in [0.2, 0.25) is 5.91 Å². The Balaban J connectivity index is 2.13. The molecule has 0 spiro atoms. The van der Waals surface area contributed by atoms with Gasteiger partial charge in [-0.25, -0.2) is 0 Å². The maximum atomic E-state index is 12.1. The van der Waals surface area contributed by atoms with E-state index in [1.165, 1.54) is 0 Å². The SMILES string of the molecule is Cc1ccc(Cl)cc1NC(=O)Cn1nc(C)c(I)c1C. The fraction of sp³-hybridized carbons (Fsp3) is 0.286. The second-order valence-corrected chi connectivity index (χ2v) is 6.17. The Bertz CT molecular complexity index is 667. The third-order valence-electron chi connectivity index (χ3n) is 3.06. The van der Waals surface area contributed by atoms with Gasteiger partial charge in [-0.3, -0.25) is 9.48 Å². The van der Waals surface area contributed by atoms with Gasteiger partial charge in [0.15, 0.2) is 0 Å². The molecule has 1 heterocycles. The van der Waals surface area contributed by atoms with Crippen LogP contribution in [-0.4, -0.2) is 15.7 Å².